The summed E-state index contributed by atoms with van der Waals surface area (Å²) in [7, 11) is -1.76. The molecule has 7 nitrogen and oxygen atoms in total. The lowest BCUT2D eigenvalue weighted by atomic mass is 9.95. The molecule has 0 heterocycles. The van der Waals surface area contributed by atoms with Crippen molar-refractivity contribution >= 4 is 34.2 Å². The van der Waals surface area contributed by atoms with Crippen LogP contribution in [0.15, 0.2) is 24.3 Å². The highest BCUT2D eigenvalue weighted by Gasteiger charge is 2.36. The molecule has 1 saturated carbocycles. The third kappa shape index (κ3) is 8.00. The van der Waals surface area contributed by atoms with Gasteiger partial charge in [-0.25, -0.2) is 4.39 Å². The number of halogens is 1. The smallest absolute Gasteiger partial charge is 0.242 e. The van der Waals surface area contributed by atoms with E-state index in [-0.39, 0.29) is 23.5 Å². The van der Waals surface area contributed by atoms with Crippen LogP contribution in [0.4, 0.5) is 10.1 Å². The van der Waals surface area contributed by atoms with Crippen LogP contribution in [-0.4, -0.2) is 56.0 Å². The molecule has 0 radical (unpaired) electrons. The lowest BCUT2D eigenvalue weighted by Crippen LogP contribution is -2.58. The molecule has 1 aliphatic rings. The topological polar surface area (TPSA) is 95.6 Å². The van der Waals surface area contributed by atoms with E-state index < -0.39 is 40.0 Å². The second kappa shape index (κ2) is 11.5. The van der Waals surface area contributed by atoms with E-state index >= 15 is 0 Å². The van der Waals surface area contributed by atoms with Gasteiger partial charge in [0.05, 0.1) is 0 Å². The van der Waals surface area contributed by atoms with Crippen LogP contribution in [0, 0.1) is 5.82 Å². The van der Waals surface area contributed by atoms with Crippen LogP contribution in [0.1, 0.15) is 59.8 Å². The monoisotopic (exact) mass is 467 g/mol. The molecule has 9 heteroatoms. The van der Waals surface area contributed by atoms with Crippen LogP contribution < -0.4 is 10.6 Å². The van der Waals surface area contributed by atoms with Crippen LogP contribution >= 0.6 is 0 Å². The molecule has 3 amide bonds. The fraction of sp³-hybridized carbons (Fsp3) is 0.609. The Morgan fingerprint density at radius 1 is 1.09 bits per heavy atom. The maximum atomic E-state index is 13.0. The van der Waals surface area contributed by atoms with E-state index in [0.717, 1.165) is 25.7 Å². The molecule has 0 aromatic heterocycles. The average molecular weight is 468 g/mol. The third-order valence-electron chi connectivity index (χ3n) is 5.41. The van der Waals surface area contributed by atoms with Crippen molar-refractivity contribution < 1.29 is 23.0 Å². The van der Waals surface area contributed by atoms with E-state index in [2.05, 4.69) is 10.6 Å². The molecule has 1 aliphatic carbocycles. The van der Waals surface area contributed by atoms with Crippen LogP contribution in [-0.2, 0) is 25.2 Å². The Kier molecular flexibility index (Phi) is 9.36. The van der Waals surface area contributed by atoms with Crippen LogP contribution in [0.2, 0.25) is 0 Å². The number of hydrogen-bond acceptors (Lipinski definition) is 4. The first kappa shape index (κ1) is 26.0. The molecule has 2 atom stereocenters. The molecule has 0 aliphatic heterocycles. The second-order valence-corrected chi connectivity index (χ2v) is 10.7. The van der Waals surface area contributed by atoms with Crippen molar-refractivity contribution in [1.29, 1.82) is 0 Å². The van der Waals surface area contributed by atoms with Crippen LogP contribution in [0.3, 0.4) is 0 Å². The molecule has 178 valence electrons. The summed E-state index contributed by atoms with van der Waals surface area (Å²) < 4.78 is 25.5. The van der Waals surface area contributed by atoms with Gasteiger partial charge in [0.25, 0.3) is 0 Å². The molecule has 32 heavy (non-hydrogen) atoms. The van der Waals surface area contributed by atoms with Gasteiger partial charge in [0, 0.05) is 28.1 Å². The second-order valence-electron chi connectivity index (χ2n) is 9.24. The van der Waals surface area contributed by atoms with E-state index in [4.69, 9.17) is 0 Å². The van der Waals surface area contributed by atoms with E-state index in [1.165, 1.54) is 35.6 Å². The number of nitrogens with zero attached hydrogens (tertiary/aromatic N) is 1. The van der Waals surface area contributed by atoms with Crippen LogP contribution in [0.25, 0.3) is 0 Å². The fourth-order valence-corrected chi connectivity index (χ4v) is 4.87. The summed E-state index contributed by atoms with van der Waals surface area (Å²) in [5, 5.41) is 5.57. The molecular weight excluding hydrogens is 433 g/mol. The van der Waals surface area contributed by atoms with Gasteiger partial charge in [0.1, 0.15) is 23.4 Å². The predicted molar refractivity (Wildman–Crippen MR) is 124 cm³/mol. The first-order valence-corrected chi connectivity index (χ1v) is 12.5. The van der Waals surface area contributed by atoms with Gasteiger partial charge in [0.15, 0.2) is 0 Å². The fourth-order valence-electron chi connectivity index (χ4n) is 3.99. The standard InChI is InChI=1S/C23H34FN3O4S/c1-16(22(30)26-18-8-6-5-7-9-18)27(23(2,3)4)21(29)15-32(31)14-20(28)25-19-12-10-17(24)11-13-19/h10-13,16,18H,5-9,14-15H2,1-4H3,(H,25,28)(H,26,30)/t16-,32-/m1/s1. The summed E-state index contributed by atoms with van der Waals surface area (Å²) in [5.74, 6) is -2.37. The van der Waals surface area contributed by atoms with Gasteiger partial charge < -0.3 is 15.5 Å². The summed E-state index contributed by atoms with van der Waals surface area (Å²) >= 11 is 0. The van der Waals surface area contributed by atoms with E-state index in [1.807, 2.05) is 20.8 Å². The Balaban J connectivity index is 1.95. The van der Waals surface area contributed by atoms with Gasteiger partial charge >= 0.3 is 0 Å². The van der Waals surface area contributed by atoms with Crippen LogP contribution in [0.5, 0.6) is 0 Å². The van der Waals surface area contributed by atoms with E-state index in [0.29, 0.717) is 5.69 Å². The van der Waals surface area contributed by atoms with Gasteiger partial charge in [-0.3, -0.25) is 18.6 Å². The molecule has 2 rings (SSSR count). The first-order valence-electron chi connectivity index (χ1n) is 11.0. The Hall–Kier alpha value is -2.29. The van der Waals surface area contributed by atoms with Crippen molar-refractivity contribution in [3.8, 4) is 0 Å². The number of rotatable bonds is 8. The Labute approximate surface area is 192 Å². The molecule has 0 spiro atoms. The quantitative estimate of drug-likeness (QED) is 0.614. The lowest BCUT2D eigenvalue weighted by Gasteiger charge is -2.40. The normalized spacial score (nSPS) is 16.7. The zero-order valence-corrected chi connectivity index (χ0v) is 20.1. The minimum atomic E-state index is -1.76. The summed E-state index contributed by atoms with van der Waals surface area (Å²) in [6, 6.07) is 4.60. The van der Waals surface area contributed by atoms with Crippen molar-refractivity contribution in [3.63, 3.8) is 0 Å². The number of nitrogens with one attached hydrogen (secondary N) is 2. The largest absolute Gasteiger partial charge is 0.352 e. The summed E-state index contributed by atoms with van der Waals surface area (Å²) in [5.41, 5.74) is -0.287. The Morgan fingerprint density at radius 3 is 2.25 bits per heavy atom. The highest BCUT2D eigenvalue weighted by molar-refractivity contribution is 7.86. The molecule has 0 saturated heterocycles. The van der Waals surface area contributed by atoms with E-state index in [1.54, 1.807) is 6.92 Å². The third-order valence-corrected chi connectivity index (χ3v) is 6.57. The average Bonchev–Trinajstić information content (AvgIpc) is 2.69. The first-order chi connectivity index (χ1) is 15.0. The number of carbonyl (C=O) groups is 3. The zero-order valence-electron chi connectivity index (χ0n) is 19.3. The number of amides is 3. The number of carbonyl (C=O) groups excluding carboxylic acids is 3. The van der Waals surface area contributed by atoms with Gasteiger partial charge in [-0.15, -0.1) is 0 Å². The highest BCUT2D eigenvalue weighted by atomic mass is 32.2. The zero-order chi connectivity index (χ0) is 23.9. The molecule has 0 unspecified atom stereocenters. The van der Waals surface area contributed by atoms with Gasteiger partial charge in [-0.05, 0) is 64.8 Å². The van der Waals surface area contributed by atoms with Gasteiger partial charge in [-0.2, -0.15) is 0 Å². The maximum absolute atomic E-state index is 13.0. The molecule has 1 aromatic rings. The maximum Gasteiger partial charge on any atom is 0.242 e. The molecule has 1 aromatic carbocycles. The van der Waals surface area contributed by atoms with Crippen molar-refractivity contribution in [2.75, 3.05) is 16.8 Å². The van der Waals surface area contributed by atoms with Gasteiger partial charge in [-0.1, -0.05) is 19.3 Å². The number of benzene rings is 1. The highest BCUT2D eigenvalue weighted by Crippen LogP contribution is 2.21. The molecular formula is C23H34FN3O4S. The molecule has 2 N–H and O–H groups in total. The van der Waals surface area contributed by atoms with Crippen molar-refractivity contribution in [2.24, 2.45) is 0 Å². The predicted octanol–water partition coefficient (Wildman–Crippen LogP) is 2.98. The molecule has 0 bridgehead atoms. The summed E-state index contributed by atoms with van der Waals surface area (Å²) in [6.07, 6.45) is 5.22. The van der Waals surface area contributed by atoms with Gasteiger partial charge in [0.2, 0.25) is 17.7 Å². The minimum absolute atomic E-state index is 0.125. The van der Waals surface area contributed by atoms with E-state index in [9.17, 15) is 23.0 Å². The molecule has 1 fully saturated rings. The SMILES string of the molecule is C[C@H](C(=O)NC1CCCCC1)N(C(=O)C[S@](=O)CC(=O)Nc1ccc(F)cc1)C(C)(C)C. The van der Waals surface area contributed by atoms with Crippen molar-refractivity contribution in [3.05, 3.63) is 30.1 Å². The van der Waals surface area contributed by atoms with Crippen molar-refractivity contribution in [1.82, 2.24) is 10.2 Å². The Bertz CT molecular complexity index is 833. The number of hydrogen-bond donors (Lipinski definition) is 2. The number of anilines is 1. The Morgan fingerprint density at radius 2 is 1.69 bits per heavy atom. The summed E-state index contributed by atoms with van der Waals surface area (Å²) in [6.45, 7) is 7.13. The summed E-state index contributed by atoms with van der Waals surface area (Å²) in [4.78, 5) is 39.4. The lowest BCUT2D eigenvalue weighted by molar-refractivity contribution is -0.143. The van der Waals surface area contributed by atoms with Crippen molar-refractivity contribution in [2.45, 2.75) is 77.4 Å². The minimum Gasteiger partial charge on any atom is -0.352 e.